The molecule has 0 radical (unpaired) electrons. The molecule has 1 heterocycles. The molecule has 1 N–H and O–H groups in total. The molecule has 0 aromatic heterocycles. The molecule has 0 amide bonds. The Labute approximate surface area is 68.9 Å². The van der Waals surface area contributed by atoms with Crippen LogP contribution in [0.1, 0.15) is 27.2 Å². The van der Waals surface area contributed by atoms with E-state index < -0.39 is 0 Å². The summed E-state index contributed by atoms with van der Waals surface area (Å²) in [6, 6.07) is 0. The summed E-state index contributed by atoms with van der Waals surface area (Å²) in [6.07, 6.45) is 1.36. The number of rotatable bonds is 0. The topological polar surface area (TPSA) is 12.0 Å². The van der Waals surface area contributed by atoms with Crippen LogP contribution in [-0.2, 0) is 0 Å². The molecule has 2 aliphatic rings. The van der Waals surface area contributed by atoms with E-state index in [4.69, 9.17) is 0 Å². The lowest BCUT2D eigenvalue weighted by Gasteiger charge is -2.13. The van der Waals surface area contributed by atoms with Gasteiger partial charge in [-0.3, -0.25) is 0 Å². The van der Waals surface area contributed by atoms with E-state index in [1.54, 1.807) is 11.3 Å². The predicted molar refractivity (Wildman–Crippen MR) is 47.1 cm³/mol. The Bertz CT molecular complexity index is 205. The fraction of sp³-hybridized carbons (Fsp3) is 0.800. The van der Waals surface area contributed by atoms with Crippen LogP contribution in [0.15, 0.2) is 11.3 Å². The maximum atomic E-state index is 3.53. The lowest BCUT2D eigenvalue weighted by atomic mass is 9.94. The number of hydrogen-bond donors (Lipinski definition) is 1. The molecule has 11 heavy (non-hydrogen) atoms. The first-order valence-electron chi connectivity index (χ1n) is 4.68. The first-order chi connectivity index (χ1) is 5.20. The monoisotopic (exact) mass is 151 g/mol. The van der Waals surface area contributed by atoms with Gasteiger partial charge in [-0.05, 0) is 29.7 Å². The van der Waals surface area contributed by atoms with Crippen molar-refractivity contribution in [2.24, 2.45) is 17.8 Å². The van der Waals surface area contributed by atoms with E-state index in [1.807, 2.05) is 0 Å². The highest BCUT2D eigenvalue weighted by molar-refractivity contribution is 5.29. The molecule has 0 saturated carbocycles. The van der Waals surface area contributed by atoms with Gasteiger partial charge < -0.3 is 5.32 Å². The van der Waals surface area contributed by atoms with Gasteiger partial charge in [-0.2, -0.15) is 0 Å². The molecule has 0 fully saturated rings. The summed E-state index contributed by atoms with van der Waals surface area (Å²) in [6.45, 7) is 8.22. The minimum Gasteiger partial charge on any atom is -0.388 e. The molecule has 1 aliphatic carbocycles. The van der Waals surface area contributed by atoms with Crippen molar-refractivity contribution in [3.05, 3.63) is 11.3 Å². The summed E-state index contributed by atoms with van der Waals surface area (Å²) < 4.78 is 0. The van der Waals surface area contributed by atoms with Crippen LogP contribution in [-0.4, -0.2) is 6.54 Å². The van der Waals surface area contributed by atoms with Gasteiger partial charge >= 0.3 is 0 Å². The van der Waals surface area contributed by atoms with Crippen LogP contribution in [0.3, 0.4) is 0 Å². The fourth-order valence-corrected chi connectivity index (χ4v) is 2.73. The quantitative estimate of drug-likeness (QED) is 0.559. The average Bonchev–Trinajstić information content (AvgIpc) is 2.41. The van der Waals surface area contributed by atoms with Crippen molar-refractivity contribution in [2.75, 3.05) is 6.54 Å². The zero-order chi connectivity index (χ0) is 8.01. The second-order valence-corrected chi connectivity index (χ2v) is 4.19. The first kappa shape index (κ1) is 7.20. The van der Waals surface area contributed by atoms with Gasteiger partial charge in [0.2, 0.25) is 0 Å². The van der Waals surface area contributed by atoms with Crippen LogP contribution >= 0.6 is 0 Å². The Morgan fingerprint density at radius 3 is 2.45 bits per heavy atom. The van der Waals surface area contributed by atoms with Crippen LogP contribution < -0.4 is 5.32 Å². The van der Waals surface area contributed by atoms with Gasteiger partial charge in [0, 0.05) is 12.2 Å². The highest BCUT2D eigenvalue weighted by atomic mass is 14.9. The van der Waals surface area contributed by atoms with Gasteiger partial charge in [0.15, 0.2) is 0 Å². The van der Waals surface area contributed by atoms with E-state index >= 15 is 0 Å². The Kier molecular flexibility index (Phi) is 1.48. The number of hydrogen-bond acceptors (Lipinski definition) is 1. The number of allylic oxidation sites excluding steroid dienone is 1. The Morgan fingerprint density at radius 2 is 1.82 bits per heavy atom. The summed E-state index contributed by atoms with van der Waals surface area (Å²) in [5.74, 6) is 2.43. The van der Waals surface area contributed by atoms with E-state index in [2.05, 4.69) is 26.1 Å². The van der Waals surface area contributed by atoms with E-state index in [9.17, 15) is 0 Å². The summed E-state index contributed by atoms with van der Waals surface area (Å²) >= 11 is 0. The molecule has 0 aromatic carbocycles. The maximum absolute atomic E-state index is 3.53. The molecular formula is C10H17N. The van der Waals surface area contributed by atoms with Crippen LogP contribution in [0.5, 0.6) is 0 Å². The normalized spacial score (nSPS) is 42.6. The molecule has 0 bridgehead atoms. The Hall–Kier alpha value is -0.460. The van der Waals surface area contributed by atoms with E-state index in [-0.39, 0.29) is 0 Å². The molecule has 0 spiro atoms. The lowest BCUT2D eigenvalue weighted by Crippen LogP contribution is -2.16. The average molecular weight is 151 g/mol. The number of nitrogens with one attached hydrogen (secondary N) is 1. The molecule has 2 rings (SSSR count). The predicted octanol–water partition coefficient (Wildman–Crippen LogP) is 2.16. The van der Waals surface area contributed by atoms with E-state index in [0.717, 1.165) is 17.8 Å². The van der Waals surface area contributed by atoms with Crippen LogP contribution in [0.25, 0.3) is 0 Å². The Morgan fingerprint density at radius 1 is 1.09 bits per heavy atom. The van der Waals surface area contributed by atoms with Crippen molar-refractivity contribution >= 4 is 0 Å². The third-order valence-electron chi connectivity index (χ3n) is 3.17. The standard InChI is InChI=1S/C10H17N/c1-6-4-7(2)10-9(6)8(3)5-11-10/h6-8,11H,4-5H2,1-3H3. The SMILES string of the molecule is CC1CC(C)C2=C1NCC2C. The first-order valence-corrected chi connectivity index (χ1v) is 4.68. The van der Waals surface area contributed by atoms with Crippen molar-refractivity contribution in [2.45, 2.75) is 27.2 Å². The Balaban J connectivity index is 2.31. The fourth-order valence-electron chi connectivity index (χ4n) is 2.73. The second kappa shape index (κ2) is 2.26. The highest BCUT2D eigenvalue weighted by Crippen LogP contribution is 2.41. The molecule has 1 nitrogen and oxygen atoms in total. The van der Waals surface area contributed by atoms with Gasteiger partial charge in [0.25, 0.3) is 0 Å². The molecule has 0 saturated heterocycles. The van der Waals surface area contributed by atoms with Crippen molar-refractivity contribution in [1.82, 2.24) is 5.32 Å². The van der Waals surface area contributed by atoms with Gasteiger partial charge in [-0.25, -0.2) is 0 Å². The van der Waals surface area contributed by atoms with Gasteiger partial charge in [-0.1, -0.05) is 20.8 Å². The summed E-state index contributed by atoms with van der Waals surface area (Å²) in [5, 5.41) is 3.53. The van der Waals surface area contributed by atoms with Crippen molar-refractivity contribution in [1.29, 1.82) is 0 Å². The molecule has 3 atom stereocenters. The summed E-state index contributed by atoms with van der Waals surface area (Å²) in [7, 11) is 0. The second-order valence-electron chi connectivity index (χ2n) is 4.19. The molecular weight excluding hydrogens is 134 g/mol. The smallest absolute Gasteiger partial charge is 0.0207 e. The summed E-state index contributed by atoms with van der Waals surface area (Å²) in [5.41, 5.74) is 3.29. The van der Waals surface area contributed by atoms with Gasteiger partial charge in [0.05, 0.1) is 0 Å². The summed E-state index contributed by atoms with van der Waals surface area (Å²) in [4.78, 5) is 0. The molecule has 1 aliphatic heterocycles. The van der Waals surface area contributed by atoms with Crippen molar-refractivity contribution in [3.63, 3.8) is 0 Å². The minimum atomic E-state index is 0.796. The molecule has 0 aromatic rings. The maximum Gasteiger partial charge on any atom is 0.0207 e. The zero-order valence-electron chi connectivity index (χ0n) is 7.65. The van der Waals surface area contributed by atoms with Crippen molar-refractivity contribution < 1.29 is 0 Å². The lowest BCUT2D eigenvalue weighted by molar-refractivity contribution is 0.493. The molecule has 1 heteroatoms. The minimum absolute atomic E-state index is 0.796. The largest absolute Gasteiger partial charge is 0.388 e. The van der Waals surface area contributed by atoms with E-state index in [0.29, 0.717) is 0 Å². The van der Waals surface area contributed by atoms with Gasteiger partial charge in [0.1, 0.15) is 0 Å². The molecule has 3 unspecified atom stereocenters. The van der Waals surface area contributed by atoms with Crippen LogP contribution in [0.4, 0.5) is 0 Å². The highest BCUT2D eigenvalue weighted by Gasteiger charge is 2.34. The van der Waals surface area contributed by atoms with E-state index in [1.165, 1.54) is 13.0 Å². The van der Waals surface area contributed by atoms with Crippen molar-refractivity contribution in [3.8, 4) is 0 Å². The third-order valence-corrected chi connectivity index (χ3v) is 3.17. The third kappa shape index (κ3) is 0.901. The van der Waals surface area contributed by atoms with Gasteiger partial charge in [-0.15, -0.1) is 0 Å². The molecule has 62 valence electrons. The zero-order valence-corrected chi connectivity index (χ0v) is 7.65. The van der Waals surface area contributed by atoms with Crippen LogP contribution in [0.2, 0.25) is 0 Å². The van der Waals surface area contributed by atoms with Crippen LogP contribution in [0, 0.1) is 17.8 Å².